The summed E-state index contributed by atoms with van der Waals surface area (Å²) in [5, 5.41) is 0. The smallest absolute Gasteiger partial charge is 0.256 e. The summed E-state index contributed by atoms with van der Waals surface area (Å²) < 4.78 is 0. The molecule has 1 aliphatic heterocycles. The second-order valence-corrected chi connectivity index (χ2v) is 5.33. The van der Waals surface area contributed by atoms with Crippen LogP contribution in [0.25, 0.3) is 0 Å². The summed E-state index contributed by atoms with van der Waals surface area (Å²) >= 11 is 0. The number of hydrogen-bond acceptors (Lipinski definition) is 1. The highest BCUT2D eigenvalue weighted by Crippen LogP contribution is 2.25. The Kier molecular flexibility index (Phi) is 3.27. The molecule has 2 atom stereocenters. The molecule has 2 heterocycles. The second kappa shape index (κ2) is 4.55. The average molecular weight is 234 g/mol. The third-order valence-corrected chi connectivity index (χ3v) is 3.81. The molecule has 17 heavy (non-hydrogen) atoms. The molecule has 0 bridgehead atoms. The maximum absolute atomic E-state index is 12.6. The molecule has 0 saturated carbocycles. The number of aromatic amines is 1. The molecule has 1 aliphatic rings. The summed E-state index contributed by atoms with van der Waals surface area (Å²) in [5.41, 5.74) is 2.88. The van der Waals surface area contributed by atoms with Crippen LogP contribution in [0.4, 0.5) is 0 Å². The van der Waals surface area contributed by atoms with E-state index in [1.807, 2.05) is 19.9 Å². The molecule has 0 radical (unpaired) electrons. The Morgan fingerprint density at radius 3 is 2.35 bits per heavy atom. The van der Waals surface area contributed by atoms with E-state index >= 15 is 0 Å². The van der Waals surface area contributed by atoms with Crippen LogP contribution in [0.3, 0.4) is 0 Å². The summed E-state index contributed by atoms with van der Waals surface area (Å²) in [6.07, 6.45) is 3.48. The van der Waals surface area contributed by atoms with Crippen LogP contribution in [-0.4, -0.2) is 27.9 Å². The summed E-state index contributed by atoms with van der Waals surface area (Å²) in [7, 11) is 0. The second-order valence-electron chi connectivity index (χ2n) is 5.33. The van der Waals surface area contributed by atoms with Crippen molar-refractivity contribution in [1.82, 2.24) is 9.88 Å². The number of rotatable bonds is 1. The SMILES string of the molecule is Cc1cc(C(=O)N2C(C)CCCC2C)c(C)[nH]1. The highest BCUT2D eigenvalue weighted by Gasteiger charge is 2.30. The van der Waals surface area contributed by atoms with Crippen molar-refractivity contribution in [3.63, 3.8) is 0 Å². The van der Waals surface area contributed by atoms with Gasteiger partial charge < -0.3 is 9.88 Å². The quantitative estimate of drug-likeness (QED) is 0.796. The third-order valence-electron chi connectivity index (χ3n) is 3.81. The molecular formula is C14H22N2O. The van der Waals surface area contributed by atoms with Crippen LogP contribution in [0.15, 0.2) is 6.07 Å². The van der Waals surface area contributed by atoms with E-state index in [2.05, 4.69) is 23.7 Å². The molecule has 1 N–H and O–H groups in total. The predicted octanol–water partition coefficient (Wildman–Crippen LogP) is 3.03. The van der Waals surface area contributed by atoms with E-state index in [9.17, 15) is 4.79 Å². The number of nitrogens with one attached hydrogen (secondary N) is 1. The van der Waals surface area contributed by atoms with Gasteiger partial charge in [0, 0.05) is 23.5 Å². The molecule has 3 nitrogen and oxygen atoms in total. The molecule has 0 spiro atoms. The van der Waals surface area contributed by atoms with Gasteiger partial charge in [0.25, 0.3) is 5.91 Å². The summed E-state index contributed by atoms with van der Waals surface area (Å²) in [6, 6.07) is 2.69. The number of likely N-dealkylation sites (tertiary alicyclic amines) is 1. The van der Waals surface area contributed by atoms with Crippen LogP contribution in [0.5, 0.6) is 0 Å². The van der Waals surface area contributed by atoms with Crippen molar-refractivity contribution in [3.8, 4) is 0 Å². The van der Waals surface area contributed by atoms with Crippen LogP contribution in [0.1, 0.15) is 54.9 Å². The fourth-order valence-electron chi connectivity index (χ4n) is 2.91. The van der Waals surface area contributed by atoms with E-state index < -0.39 is 0 Å². The highest BCUT2D eigenvalue weighted by molar-refractivity contribution is 5.96. The Labute approximate surface area is 103 Å². The van der Waals surface area contributed by atoms with Gasteiger partial charge in [0.2, 0.25) is 0 Å². The van der Waals surface area contributed by atoms with Crippen LogP contribution in [0.2, 0.25) is 0 Å². The lowest BCUT2D eigenvalue weighted by molar-refractivity contribution is 0.0510. The van der Waals surface area contributed by atoms with Gasteiger partial charge in [-0.05, 0) is 53.0 Å². The van der Waals surface area contributed by atoms with Crippen molar-refractivity contribution in [3.05, 3.63) is 23.0 Å². The van der Waals surface area contributed by atoms with Crippen LogP contribution < -0.4 is 0 Å². The van der Waals surface area contributed by atoms with Gasteiger partial charge in [0.1, 0.15) is 0 Å². The lowest BCUT2D eigenvalue weighted by Crippen LogP contribution is -2.47. The Bertz CT molecular complexity index is 412. The lowest BCUT2D eigenvalue weighted by Gasteiger charge is -2.39. The predicted molar refractivity (Wildman–Crippen MR) is 69.2 cm³/mol. The Morgan fingerprint density at radius 2 is 1.88 bits per heavy atom. The summed E-state index contributed by atoms with van der Waals surface area (Å²) in [4.78, 5) is 17.8. The zero-order chi connectivity index (χ0) is 12.6. The Hall–Kier alpha value is -1.25. The summed E-state index contributed by atoms with van der Waals surface area (Å²) in [5.74, 6) is 0.187. The molecule has 1 amide bonds. The number of carbonyl (C=O) groups excluding carboxylic acids is 1. The van der Waals surface area contributed by atoms with Gasteiger partial charge in [-0.25, -0.2) is 0 Å². The highest BCUT2D eigenvalue weighted by atomic mass is 16.2. The molecule has 2 unspecified atom stereocenters. The van der Waals surface area contributed by atoms with E-state index in [4.69, 9.17) is 0 Å². The van der Waals surface area contributed by atoms with Crippen molar-refractivity contribution < 1.29 is 4.79 Å². The van der Waals surface area contributed by atoms with Crippen LogP contribution >= 0.6 is 0 Å². The van der Waals surface area contributed by atoms with Crippen LogP contribution in [-0.2, 0) is 0 Å². The molecule has 1 aromatic heterocycles. The standard InChI is InChI=1S/C14H22N2O/c1-9-8-13(12(4)15-9)14(17)16-10(2)6-5-7-11(16)3/h8,10-11,15H,5-7H2,1-4H3. The minimum Gasteiger partial charge on any atom is -0.362 e. The van der Waals surface area contributed by atoms with Gasteiger partial charge >= 0.3 is 0 Å². The zero-order valence-corrected chi connectivity index (χ0v) is 11.2. The first-order valence-corrected chi connectivity index (χ1v) is 6.49. The van der Waals surface area contributed by atoms with Gasteiger partial charge in [-0.3, -0.25) is 4.79 Å². The molecular weight excluding hydrogens is 212 g/mol. The monoisotopic (exact) mass is 234 g/mol. The van der Waals surface area contributed by atoms with Gasteiger partial charge in [0.15, 0.2) is 0 Å². The molecule has 3 heteroatoms. The number of H-pyrrole nitrogens is 1. The Morgan fingerprint density at radius 1 is 1.29 bits per heavy atom. The number of aryl methyl sites for hydroxylation is 2. The molecule has 0 aliphatic carbocycles. The number of aromatic nitrogens is 1. The first-order valence-electron chi connectivity index (χ1n) is 6.49. The van der Waals surface area contributed by atoms with Crippen molar-refractivity contribution in [2.75, 3.05) is 0 Å². The van der Waals surface area contributed by atoms with Gasteiger partial charge in [-0.15, -0.1) is 0 Å². The molecule has 1 aromatic rings. The van der Waals surface area contributed by atoms with Crippen molar-refractivity contribution in [1.29, 1.82) is 0 Å². The van der Waals surface area contributed by atoms with Gasteiger partial charge in [0.05, 0.1) is 5.56 Å². The number of hydrogen-bond donors (Lipinski definition) is 1. The molecule has 1 saturated heterocycles. The minimum atomic E-state index is 0.187. The normalized spacial score (nSPS) is 25.1. The first-order chi connectivity index (χ1) is 8.00. The first kappa shape index (κ1) is 12.2. The van der Waals surface area contributed by atoms with E-state index in [1.54, 1.807) is 0 Å². The fourth-order valence-corrected chi connectivity index (χ4v) is 2.91. The average Bonchev–Trinajstić information content (AvgIpc) is 2.57. The van der Waals surface area contributed by atoms with E-state index in [0.717, 1.165) is 29.8 Å². The van der Waals surface area contributed by atoms with E-state index in [-0.39, 0.29) is 5.91 Å². The summed E-state index contributed by atoms with van der Waals surface area (Å²) in [6.45, 7) is 8.27. The molecule has 94 valence electrons. The maximum Gasteiger partial charge on any atom is 0.256 e. The van der Waals surface area contributed by atoms with E-state index in [0.29, 0.717) is 12.1 Å². The number of piperidine rings is 1. The Balaban J connectivity index is 2.27. The lowest BCUT2D eigenvalue weighted by atomic mass is 9.96. The number of nitrogens with zero attached hydrogens (tertiary/aromatic N) is 1. The van der Waals surface area contributed by atoms with Crippen molar-refractivity contribution in [2.24, 2.45) is 0 Å². The third kappa shape index (κ3) is 2.24. The van der Waals surface area contributed by atoms with Gasteiger partial charge in [-0.1, -0.05) is 0 Å². The molecule has 0 aromatic carbocycles. The van der Waals surface area contributed by atoms with Crippen molar-refractivity contribution in [2.45, 2.75) is 59.0 Å². The van der Waals surface area contributed by atoms with E-state index in [1.165, 1.54) is 6.42 Å². The topological polar surface area (TPSA) is 36.1 Å². The van der Waals surface area contributed by atoms with Gasteiger partial charge in [-0.2, -0.15) is 0 Å². The minimum absolute atomic E-state index is 0.187. The van der Waals surface area contributed by atoms with Crippen LogP contribution in [0, 0.1) is 13.8 Å². The zero-order valence-electron chi connectivity index (χ0n) is 11.2. The fraction of sp³-hybridized carbons (Fsp3) is 0.643. The molecule has 1 fully saturated rings. The maximum atomic E-state index is 12.6. The molecule has 2 rings (SSSR count). The number of carbonyl (C=O) groups is 1. The number of amides is 1. The largest absolute Gasteiger partial charge is 0.362 e. The van der Waals surface area contributed by atoms with Crippen molar-refractivity contribution >= 4 is 5.91 Å².